The van der Waals surface area contributed by atoms with Crippen LogP contribution in [0.2, 0.25) is 0 Å². The molecular weight excluding hydrogens is 987 g/mol. The molecule has 0 aliphatic heterocycles. The predicted molar refractivity (Wildman–Crippen MR) is 269 cm³/mol. The molecule has 0 amide bonds. The predicted octanol–water partition coefficient (Wildman–Crippen LogP) is 15.8. The van der Waals surface area contributed by atoms with Gasteiger partial charge in [-0.2, -0.15) is 0 Å². The smallest absolute Gasteiger partial charge is 0.323 e. The maximum absolute atomic E-state index is 11.6. The maximum Gasteiger partial charge on any atom is 0.323 e. The van der Waals surface area contributed by atoms with E-state index in [1.165, 1.54) is 0 Å². The number of aliphatic carboxylic acids is 1. The Morgan fingerprint density at radius 2 is 1.00 bits per heavy atom. The van der Waals surface area contributed by atoms with Crippen LogP contribution < -0.4 is 0 Å². The number of rotatable bonds is 17. The lowest BCUT2D eigenvalue weighted by Gasteiger charge is -2.40. The summed E-state index contributed by atoms with van der Waals surface area (Å²) in [6.07, 6.45) is 38.3. The van der Waals surface area contributed by atoms with Crippen molar-refractivity contribution in [2.24, 2.45) is 11.8 Å². The normalized spacial score (nSPS) is 32.0. The van der Waals surface area contributed by atoms with Crippen molar-refractivity contribution in [2.75, 3.05) is 0 Å². The van der Waals surface area contributed by atoms with Gasteiger partial charge in [0.15, 0.2) is 5.38 Å². The molecule has 0 radical (unpaired) electrons. The van der Waals surface area contributed by atoms with E-state index in [1.807, 2.05) is 128 Å². The van der Waals surface area contributed by atoms with Crippen molar-refractivity contribution < 1.29 is 9.90 Å². The summed E-state index contributed by atoms with van der Waals surface area (Å²) in [5.74, 6) is -1.09. The minimum Gasteiger partial charge on any atom is -0.480 e. The maximum atomic E-state index is 11.6. The Labute approximate surface area is 416 Å². The lowest BCUT2D eigenvalue weighted by Crippen LogP contribution is -2.37. The molecule has 0 spiro atoms. The summed E-state index contributed by atoms with van der Waals surface area (Å²) >= 11 is 71.5. The fourth-order valence-corrected chi connectivity index (χ4v) is 11.8. The molecule has 0 bridgehead atoms. The average molecular weight is 1040 g/mol. The van der Waals surface area contributed by atoms with Crippen LogP contribution in [-0.2, 0) is 37.1 Å². The van der Waals surface area contributed by atoms with Crippen LogP contribution in [0.25, 0.3) is 0 Å². The fourth-order valence-electron chi connectivity index (χ4n) is 9.08. The van der Waals surface area contributed by atoms with E-state index in [9.17, 15) is 9.90 Å². The van der Waals surface area contributed by atoms with E-state index >= 15 is 0 Å². The van der Waals surface area contributed by atoms with Crippen LogP contribution in [0.5, 0.6) is 0 Å². The highest BCUT2D eigenvalue weighted by Crippen LogP contribution is 2.53. The summed E-state index contributed by atoms with van der Waals surface area (Å²) in [7, 11) is 0. The van der Waals surface area contributed by atoms with Crippen molar-refractivity contribution in [1.29, 1.82) is 0 Å². The zero-order chi connectivity index (χ0) is 44.9. The molecule has 0 aromatic heterocycles. The molecule has 2 aromatic carbocycles. The van der Waals surface area contributed by atoms with Gasteiger partial charge in [0.05, 0.1) is 26.9 Å². The van der Waals surface area contributed by atoms with Gasteiger partial charge in [-0.05, 0) is 70.9 Å². The van der Waals surface area contributed by atoms with Gasteiger partial charge < -0.3 is 5.11 Å². The van der Waals surface area contributed by atoms with Gasteiger partial charge in [-0.25, -0.2) is 0 Å². The number of hydrogen-bond acceptors (Lipinski definition) is 1. The van der Waals surface area contributed by atoms with Gasteiger partial charge in [-0.1, -0.05) is 166 Å². The van der Waals surface area contributed by atoms with E-state index in [-0.39, 0.29) is 11.8 Å². The van der Waals surface area contributed by atoms with E-state index in [1.54, 1.807) is 6.08 Å². The van der Waals surface area contributed by atoms with Crippen molar-refractivity contribution in [1.82, 2.24) is 0 Å². The molecular formula is C50H48Cl10O2. The van der Waals surface area contributed by atoms with Gasteiger partial charge in [-0.15, -0.1) is 116 Å². The van der Waals surface area contributed by atoms with Gasteiger partial charge in [0.1, 0.15) is 19.5 Å². The quantitative estimate of drug-likeness (QED) is 0.127. The third-order valence-electron chi connectivity index (χ3n) is 12.2. The molecule has 0 heterocycles. The molecule has 2 aromatic rings. The summed E-state index contributed by atoms with van der Waals surface area (Å²) in [5.41, 5.74) is 5.20. The number of benzene rings is 2. The number of hydrogen-bond donors (Lipinski definition) is 1. The monoisotopic (exact) mass is 1030 g/mol. The first-order chi connectivity index (χ1) is 29.5. The number of carbonyl (C=O) groups is 1. The largest absolute Gasteiger partial charge is 0.480 e. The molecule has 6 rings (SSSR count). The average Bonchev–Trinajstić information content (AvgIpc) is 3.25. The van der Waals surface area contributed by atoms with Crippen LogP contribution in [-0.4, -0.2) is 43.3 Å². The van der Waals surface area contributed by atoms with E-state index in [2.05, 4.69) is 19.1 Å². The Morgan fingerprint density at radius 3 is 1.37 bits per heavy atom. The Bertz CT molecular complexity index is 2220. The standard InChI is InChI=1S/C50H48Cl10O2/c1-2-15-32(30-34-17-13-19-36(47(57)26-9-5-22-39(47)52)43(34)49(59)28-11-7-24-41(49)54)33(16-3-4-21-38(51)45(56)46(61)62)31-35-18-14-20-37(48(58)27-10-6-23-40(48)53)44(35)50(60)29-12-8-25-42(50)55/h4-14,17-29,32-33,38-42,45H,2-3,15-16,30-31H2,1H3,(H,61,62)/b21-4+. The van der Waals surface area contributed by atoms with Crippen LogP contribution in [0.4, 0.5) is 0 Å². The summed E-state index contributed by atoms with van der Waals surface area (Å²) in [6.45, 7) is 2.18. The minimum atomic E-state index is -1.27. The summed E-state index contributed by atoms with van der Waals surface area (Å²) < 4.78 is 0. The molecule has 1 N–H and O–H groups in total. The molecule has 0 saturated heterocycles. The van der Waals surface area contributed by atoms with E-state index in [4.69, 9.17) is 116 Å². The summed E-state index contributed by atoms with van der Waals surface area (Å²) in [4.78, 5) is 7.10. The number of alkyl halides is 10. The van der Waals surface area contributed by atoms with E-state index in [0.717, 1.165) is 46.2 Å². The van der Waals surface area contributed by atoms with Crippen LogP contribution in [0.15, 0.2) is 146 Å². The zero-order valence-electron chi connectivity index (χ0n) is 33.9. The van der Waals surface area contributed by atoms with Crippen molar-refractivity contribution in [3.05, 3.63) is 179 Å². The fraction of sp³-hybridized carbons (Fsp3) is 0.380. The molecule has 0 saturated carbocycles. The molecule has 12 unspecified atom stereocenters. The molecule has 62 heavy (non-hydrogen) atoms. The highest BCUT2D eigenvalue weighted by atomic mass is 35.5. The second-order valence-corrected chi connectivity index (χ2v) is 21.6. The molecule has 0 fully saturated rings. The Hall–Kier alpha value is -1.53. The van der Waals surface area contributed by atoms with Gasteiger partial charge in [-0.3, -0.25) is 4.79 Å². The first-order valence-corrected chi connectivity index (χ1v) is 24.8. The van der Waals surface area contributed by atoms with Crippen LogP contribution >= 0.6 is 116 Å². The van der Waals surface area contributed by atoms with Gasteiger partial charge >= 0.3 is 5.97 Å². The van der Waals surface area contributed by atoms with Crippen LogP contribution in [0.3, 0.4) is 0 Å². The van der Waals surface area contributed by atoms with Crippen LogP contribution in [0.1, 0.15) is 66.0 Å². The molecule has 2 nitrogen and oxygen atoms in total. The van der Waals surface area contributed by atoms with Gasteiger partial charge in [0.25, 0.3) is 0 Å². The lowest BCUT2D eigenvalue weighted by atomic mass is 9.71. The first kappa shape index (κ1) is 49.9. The third kappa shape index (κ3) is 10.4. The number of halogens is 10. The second kappa shape index (κ2) is 21.4. The van der Waals surface area contributed by atoms with Crippen molar-refractivity contribution in [3.8, 4) is 0 Å². The molecule has 330 valence electrons. The third-order valence-corrected chi connectivity index (χ3v) is 17.9. The summed E-state index contributed by atoms with van der Waals surface area (Å²) in [5, 5.41) is 5.03. The first-order valence-electron chi connectivity index (χ1n) is 20.7. The zero-order valence-corrected chi connectivity index (χ0v) is 41.4. The molecule has 12 heteroatoms. The van der Waals surface area contributed by atoms with Gasteiger partial charge in [0, 0.05) is 0 Å². The Kier molecular flexibility index (Phi) is 17.2. The number of carboxylic acid groups (broad SMARTS) is 1. The number of allylic oxidation sites excluding steroid dienone is 18. The Morgan fingerprint density at radius 1 is 0.613 bits per heavy atom. The highest BCUT2D eigenvalue weighted by Gasteiger charge is 2.47. The second-order valence-electron chi connectivity index (χ2n) is 16.2. The van der Waals surface area contributed by atoms with E-state index in [0.29, 0.717) is 25.7 Å². The van der Waals surface area contributed by atoms with Crippen molar-refractivity contribution in [3.63, 3.8) is 0 Å². The molecule has 4 aliphatic carbocycles. The highest BCUT2D eigenvalue weighted by molar-refractivity contribution is 6.38. The molecule has 12 atom stereocenters. The SMILES string of the molecule is CCCC(Cc1cccc(C2(Cl)C=CC=CC2Cl)c1C1(Cl)C=CC=CC1Cl)C(CC/C=C/C(Cl)C(Cl)C(=O)O)Cc1cccc(C2(Cl)C=CC=CC2Cl)c1C1(Cl)C=CC=CC1Cl. The number of carboxylic acids is 1. The topological polar surface area (TPSA) is 37.3 Å². The van der Waals surface area contributed by atoms with Crippen molar-refractivity contribution in [2.45, 2.75) is 97.2 Å². The van der Waals surface area contributed by atoms with Gasteiger partial charge in [0.2, 0.25) is 0 Å². The van der Waals surface area contributed by atoms with Crippen LogP contribution in [0, 0.1) is 11.8 Å². The molecule has 4 aliphatic rings. The summed E-state index contributed by atoms with van der Waals surface area (Å²) in [6, 6.07) is 12.2. The Balaban J connectivity index is 1.51. The minimum absolute atomic E-state index is 0.0188. The lowest BCUT2D eigenvalue weighted by molar-refractivity contribution is -0.136. The van der Waals surface area contributed by atoms with Crippen molar-refractivity contribution >= 4 is 122 Å². The van der Waals surface area contributed by atoms with E-state index < -0.39 is 57.7 Å².